The normalized spacial score (nSPS) is 26.7. The highest BCUT2D eigenvalue weighted by molar-refractivity contribution is 6.99. The van der Waals surface area contributed by atoms with Gasteiger partial charge in [0.1, 0.15) is 0 Å². The summed E-state index contributed by atoms with van der Waals surface area (Å²) in [6.07, 6.45) is 2.90. The minimum atomic E-state index is 0.280. The molecule has 2 unspecified atom stereocenters. The van der Waals surface area contributed by atoms with E-state index in [1.165, 1.54) is 0 Å². The zero-order valence-electron chi connectivity index (χ0n) is 7.86. The number of anilines is 1. The van der Waals surface area contributed by atoms with E-state index in [4.69, 9.17) is 16.3 Å². The lowest BCUT2D eigenvalue weighted by atomic mass is 10.2. The number of nitrogens with one attached hydrogen (secondary N) is 1. The Labute approximate surface area is 91.9 Å². The molecule has 0 bridgehead atoms. The van der Waals surface area contributed by atoms with Crippen LogP contribution in [0.3, 0.4) is 0 Å². The molecule has 78 valence electrons. The second kappa shape index (κ2) is 4.42. The topological polar surface area (TPSA) is 47.0 Å². The van der Waals surface area contributed by atoms with Crippen molar-refractivity contribution in [1.82, 2.24) is 8.75 Å². The second-order valence-electron chi connectivity index (χ2n) is 3.43. The summed E-state index contributed by atoms with van der Waals surface area (Å²) in [4.78, 5) is 0. The van der Waals surface area contributed by atoms with Gasteiger partial charge in [0.15, 0.2) is 11.0 Å². The molecule has 1 aromatic heterocycles. The van der Waals surface area contributed by atoms with E-state index < -0.39 is 0 Å². The van der Waals surface area contributed by atoms with Gasteiger partial charge in [-0.15, -0.1) is 0 Å². The van der Waals surface area contributed by atoms with Crippen LogP contribution in [-0.4, -0.2) is 27.5 Å². The number of hydrogen-bond acceptors (Lipinski definition) is 5. The van der Waals surface area contributed by atoms with Crippen LogP contribution in [0.15, 0.2) is 0 Å². The van der Waals surface area contributed by atoms with Crippen LogP contribution in [0.1, 0.15) is 19.8 Å². The van der Waals surface area contributed by atoms with Crippen molar-refractivity contribution in [3.8, 4) is 0 Å². The third kappa shape index (κ3) is 2.34. The van der Waals surface area contributed by atoms with Crippen molar-refractivity contribution in [2.45, 2.75) is 32.0 Å². The van der Waals surface area contributed by atoms with Crippen molar-refractivity contribution >= 4 is 29.1 Å². The lowest BCUT2D eigenvalue weighted by molar-refractivity contribution is 0.0636. The van der Waals surface area contributed by atoms with E-state index in [-0.39, 0.29) is 6.10 Å². The van der Waals surface area contributed by atoms with Gasteiger partial charge in [-0.3, -0.25) is 0 Å². The Bertz CT molecular complexity index is 307. The monoisotopic (exact) mass is 233 g/mol. The molecule has 6 heteroatoms. The molecular formula is C8H12ClN3OS. The minimum Gasteiger partial charge on any atom is -0.373 e. The Morgan fingerprint density at radius 1 is 1.57 bits per heavy atom. The molecule has 1 aliphatic rings. The van der Waals surface area contributed by atoms with Gasteiger partial charge in [0.2, 0.25) is 0 Å². The first kappa shape index (κ1) is 10.1. The average molecular weight is 234 g/mol. The molecule has 0 spiro atoms. The van der Waals surface area contributed by atoms with Gasteiger partial charge in [-0.25, -0.2) is 0 Å². The fourth-order valence-corrected chi connectivity index (χ4v) is 2.21. The van der Waals surface area contributed by atoms with E-state index in [0.29, 0.717) is 17.1 Å². The van der Waals surface area contributed by atoms with Gasteiger partial charge in [0, 0.05) is 6.54 Å². The zero-order chi connectivity index (χ0) is 9.97. The maximum absolute atomic E-state index is 5.79. The third-order valence-electron chi connectivity index (χ3n) is 2.27. The highest BCUT2D eigenvalue weighted by Crippen LogP contribution is 2.21. The predicted molar refractivity (Wildman–Crippen MR) is 57.0 cm³/mol. The second-order valence-corrected chi connectivity index (χ2v) is 4.32. The summed E-state index contributed by atoms with van der Waals surface area (Å²) in [7, 11) is 0. The van der Waals surface area contributed by atoms with Crippen molar-refractivity contribution in [2.24, 2.45) is 0 Å². The van der Waals surface area contributed by atoms with Crippen LogP contribution in [0, 0.1) is 0 Å². The molecule has 1 aromatic rings. The zero-order valence-corrected chi connectivity index (χ0v) is 9.44. The molecule has 1 N–H and O–H groups in total. The van der Waals surface area contributed by atoms with Crippen LogP contribution in [0.25, 0.3) is 0 Å². The van der Waals surface area contributed by atoms with Gasteiger partial charge in [-0.2, -0.15) is 8.75 Å². The number of rotatable bonds is 3. The highest BCUT2D eigenvalue weighted by atomic mass is 35.5. The van der Waals surface area contributed by atoms with Crippen LogP contribution < -0.4 is 5.32 Å². The number of hydrogen-bond donors (Lipinski definition) is 1. The largest absolute Gasteiger partial charge is 0.373 e. The Balaban J connectivity index is 1.80. The third-order valence-corrected chi connectivity index (χ3v) is 3.16. The average Bonchev–Trinajstić information content (AvgIpc) is 2.72. The number of halogens is 1. The number of ether oxygens (including phenoxy) is 1. The Kier molecular flexibility index (Phi) is 3.20. The summed E-state index contributed by atoms with van der Waals surface area (Å²) >= 11 is 6.90. The van der Waals surface area contributed by atoms with E-state index in [2.05, 4.69) is 21.0 Å². The first-order valence-corrected chi connectivity index (χ1v) is 5.74. The summed E-state index contributed by atoms with van der Waals surface area (Å²) in [5.41, 5.74) is 0. The summed E-state index contributed by atoms with van der Waals surface area (Å²) in [6.45, 7) is 2.85. The quantitative estimate of drug-likeness (QED) is 0.869. The molecule has 0 aromatic carbocycles. The first-order chi connectivity index (χ1) is 6.75. The molecule has 4 nitrogen and oxygen atoms in total. The van der Waals surface area contributed by atoms with Crippen LogP contribution in [0.2, 0.25) is 5.15 Å². The Morgan fingerprint density at radius 3 is 3.00 bits per heavy atom. The van der Waals surface area contributed by atoms with Crippen LogP contribution in [-0.2, 0) is 4.74 Å². The van der Waals surface area contributed by atoms with Crippen LogP contribution in [0.4, 0.5) is 5.82 Å². The van der Waals surface area contributed by atoms with Crippen LogP contribution in [0.5, 0.6) is 0 Å². The summed E-state index contributed by atoms with van der Waals surface area (Å²) in [6, 6.07) is 0. The maximum Gasteiger partial charge on any atom is 0.186 e. The predicted octanol–water partition coefficient (Wildman–Crippen LogP) is 2.17. The van der Waals surface area contributed by atoms with Gasteiger partial charge in [0.25, 0.3) is 0 Å². The highest BCUT2D eigenvalue weighted by Gasteiger charge is 2.21. The van der Waals surface area contributed by atoms with Gasteiger partial charge in [0.05, 0.1) is 23.9 Å². The van der Waals surface area contributed by atoms with Crippen LogP contribution >= 0.6 is 23.3 Å². The first-order valence-electron chi connectivity index (χ1n) is 4.63. The number of nitrogens with zero attached hydrogens (tertiary/aromatic N) is 2. The molecule has 14 heavy (non-hydrogen) atoms. The standard InChI is InChI=1S/C8H12ClN3OS/c1-5-2-3-6(13-5)4-10-8-7(9)11-14-12-8/h5-6H,2-4H2,1H3,(H,10,12). The fourth-order valence-electron chi connectivity index (χ4n) is 1.53. The number of aromatic nitrogens is 2. The molecule has 1 fully saturated rings. The lowest BCUT2D eigenvalue weighted by Crippen LogP contribution is -2.19. The van der Waals surface area contributed by atoms with Crippen molar-refractivity contribution in [2.75, 3.05) is 11.9 Å². The van der Waals surface area contributed by atoms with E-state index in [9.17, 15) is 0 Å². The summed E-state index contributed by atoms with van der Waals surface area (Å²) in [5.74, 6) is 0.666. The van der Waals surface area contributed by atoms with E-state index in [0.717, 1.165) is 31.1 Å². The van der Waals surface area contributed by atoms with Gasteiger partial charge in [-0.05, 0) is 19.8 Å². The fraction of sp³-hybridized carbons (Fsp3) is 0.750. The smallest absolute Gasteiger partial charge is 0.186 e. The van der Waals surface area contributed by atoms with Crippen molar-refractivity contribution < 1.29 is 4.74 Å². The molecule has 2 heterocycles. The van der Waals surface area contributed by atoms with E-state index in [1.807, 2.05) is 0 Å². The molecule has 0 amide bonds. The summed E-state index contributed by atoms with van der Waals surface area (Å²) in [5, 5.41) is 3.58. The SMILES string of the molecule is CC1CCC(CNc2nsnc2Cl)O1. The molecular weight excluding hydrogens is 222 g/mol. The molecule has 0 aliphatic carbocycles. The van der Waals surface area contributed by atoms with E-state index >= 15 is 0 Å². The molecule has 2 rings (SSSR count). The van der Waals surface area contributed by atoms with Gasteiger partial charge < -0.3 is 10.1 Å². The van der Waals surface area contributed by atoms with Gasteiger partial charge in [-0.1, -0.05) is 11.6 Å². The molecule has 0 saturated carbocycles. The summed E-state index contributed by atoms with van der Waals surface area (Å²) < 4.78 is 13.5. The Hall–Kier alpha value is -0.390. The van der Waals surface area contributed by atoms with Crippen molar-refractivity contribution in [3.05, 3.63) is 5.15 Å². The molecule has 2 atom stereocenters. The molecule has 1 saturated heterocycles. The van der Waals surface area contributed by atoms with Crippen molar-refractivity contribution in [3.63, 3.8) is 0 Å². The minimum absolute atomic E-state index is 0.280. The Morgan fingerprint density at radius 2 is 2.43 bits per heavy atom. The van der Waals surface area contributed by atoms with Gasteiger partial charge >= 0.3 is 0 Å². The molecule has 0 radical (unpaired) electrons. The molecule has 1 aliphatic heterocycles. The maximum atomic E-state index is 5.79. The van der Waals surface area contributed by atoms with Crippen molar-refractivity contribution in [1.29, 1.82) is 0 Å². The lowest BCUT2D eigenvalue weighted by Gasteiger charge is -2.11. The van der Waals surface area contributed by atoms with E-state index in [1.54, 1.807) is 0 Å².